The predicted octanol–water partition coefficient (Wildman–Crippen LogP) is 3.63. The molecule has 1 aromatic carbocycles. The number of halogens is 3. The predicted molar refractivity (Wildman–Crippen MR) is 58.9 cm³/mol. The fraction of sp³-hybridized carbons (Fsp3) is 0.0909. The number of oxazole rings is 1. The summed E-state index contributed by atoms with van der Waals surface area (Å²) in [5.41, 5.74) is -0.513. The van der Waals surface area contributed by atoms with Crippen LogP contribution in [-0.4, -0.2) is 16.1 Å². The Hall–Kier alpha value is -1.95. The number of alkyl halides is 2. The van der Waals surface area contributed by atoms with E-state index in [0.717, 1.165) is 0 Å². The number of rotatable bonds is 3. The Morgan fingerprint density at radius 2 is 1.94 bits per heavy atom. The maximum atomic E-state index is 12.6. The summed E-state index contributed by atoms with van der Waals surface area (Å²) in [6.45, 7) is 0. The lowest BCUT2D eigenvalue weighted by molar-refractivity contribution is 0.0647. The van der Waals surface area contributed by atoms with Gasteiger partial charge in [0.2, 0.25) is 11.7 Å². The van der Waals surface area contributed by atoms with Crippen molar-refractivity contribution >= 4 is 17.6 Å². The average molecular weight is 274 g/mol. The topological polar surface area (TPSA) is 63.3 Å². The van der Waals surface area contributed by atoms with Gasteiger partial charge in [-0.25, -0.2) is 18.6 Å². The molecular formula is C11H6ClF2NO3. The van der Waals surface area contributed by atoms with Gasteiger partial charge in [-0.3, -0.25) is 0 Å². The van der Waals surface area contributed by atoms with E-state index in [1.807, 2.05) is 0 Å². The van der Waals surface area contributed by atoms with Crippen LogP contribution in [-0.2, 0) is 0 Å². The van der Waals surface area contributed by atoms with Crippen LogP contribution in [0.15, 0.2) is 28.7 Å². The molecule has 0 saturated carbocycles. The highest BCUT2D eigenvalue weighted by Gasteiger charge is 2.26. The van der Waals surface area contributed by atoms with Crippen LogP contribution in [0.4, 0.5) is 8.78 Å². The molecule has 1 N–H and O–H groups in total. The van der Waals surface area contributed by atoms with Crippen molar-refractivity contribution < 1.29 is 23.1 Å². The maximum absolute atomic E-state index is 12.6. The second-order valence-corrected chi connectivity index (χ2v) is 3.78. The number of carbonyl (C=O) groups is 1. The van der Waals surface area contributed by atoms with E-state index >= 15 is 0 Å². The van der Waals surface area contributed by atoms with E-state index in [1.165, 1.54) is 24.3 Å². The molecule has 0 fully saturated rings. The van der Waals surface area contributed by atoms with Gasteiger partial charge in [0.05, 0.1) is 0 Å². The van der Waals surface area contributed by atoms with Crippen molar-refractivity contribution in [3.05, 3.63) is 40.7 Å². The normalized spacial score (nSPS) is 10.9. The first-order valence-corrected chi connectivity index (χ1v) is 5.15. The summed E-state index contributed by atoms with van der Waals surface area (Å²) in [7, 11) is 0. The molecule has 7 heteroatoms. The molecule has 1 aromatic heterocycles. The fourth-order valence-electron chi connectivity index (χ4n) is 1.35. The molecule has 1 heterocycles. The molecule has 0 saturated heterocycles. The van der Waals surface area contributed by atoms with Crippen molar-refractivity contribution in [2.75, 3.05) is 0 Å². The van der Waals surface area contributed by atoms with Crippen molar-refractivity contribution in [2.24, 2.45) is 0 Å². The van der Waals surface area contributed by atoms with Crippen LogP contribution in [0.25, 0.3) is 11.5 Å². The molecule has 2 rings (SSSR count). The zero-order valence-corrected chi connectivity index (χ0v) is 9.49. The first-order chi connectivity index (χ1) is 8.49. The Morgan fingerprint density at radius 1 is 1.33 bits per heavy atom. The number of aromatic carboxylic acids is 1. The number of carboxylic acids is 1. The minimum Gasteiger partial charge on any atom is -0.475 e. The molecule has 0 bridgehead atoms. The van der Waals surface area contributed by atoms with Crippen LogP contribution in [0.3, 0.4) is 0 Å². The summed E-state index contributed by atoms with van der Waals surface area (Å²) in [5, 5.41) is 9.19. The van der Waals surface area contributed by atoms with E-state index in [4.69, 9.17) is 21.1 Å². The lowest BCUT2D eigenvalue weighted by Gasteiger charge is -1.94. The Kier molecular flexibility index (Phi) is 3.29. The average Bonchev–Trinajstić information content (AvgIpc) is 2.75. The summed E-state index contributed by atoms with van der Waals surface area (Å²) in [4.78, 5) is 14.2. The van der Waals surface area contributed by atoms with Gasteiger partial charge >= 0.3 is 5.97 Å². The molecule has 2 aromatic rings. The van der Waals surface area contributed by atoms with Crippen LogP contribution >= 0.6 is 11.6 Å². The Morgan fingerprint density at radius 3 is 2.39 bits per heavy atom. The minimum absolute atomic E-state index is 0.181. The molecule has 0 aliphatic heterocycles. The summed E-state index contributed by atoms with van der Waals surface area (Å²) >= 11 is 5.67. The van der Waals surface area contributed by atoms with Crippen molar-refractivity contribution in [3.8, 4) is 11.5 Å². The molecule has 0 aliphatic rings. The summed E-state index contributed by atoms with van der Waals surface area (Å²) in [6, 6.07) is 6.03. The largest absolute Gasteiger partial charge is 0.475 e. The second-order valence-electron chi connectivity index (χ2n) is 3.35. The van der Waals surface area contributed by atoms with Crippen molar-refractivity contribution in [1.82, 2.24) is 4.98 Å². The highest BCUT2D eigenvalue weighted by molar-refractivity contribution is 6.30. The van der Waals surface area contributed by atoms with Crippen LogP contribution < -0.4 is 0 Å². The van der Waals surface area contributed by atoms with Gasteiger partial charge in [-0.05, 0) is 24.3 Å². The van der Waals surface area contributed by atoms with E-state index in [0.29, 0.717) is 10.6 Å². The first-order valence-electron chi connectivity index (χ1n) is 4.77. The molecule has 0 atom stereocenters. The minimum atomic E-state index is -3.01. The van der Waals surface area contributed by atoms with E-state index < -0.39 is 23.8 Å². The molecular weight excluding hydrogens is 268 g/mol. The van der Waals surface area contributed by atoms with Gasteiger partial charge in [0, 0.05) is 10.6 Å². The molecule has 0 unspecified atom stereocenters. The highest BCUT2D eigenvalue weighted by Crippen LogP contribution is 2.28. The van der Waals surface area contributed by atoms with Crippen LogP contribution in [0.5, 0.6) is 0 Å². The zero-order chi connectivity index (χ0) is 13.3. The lowest BCUT2D eigenvalue weighted by Crippen LogP contribution is -1.99. The van der Waals surface area contributed by atoms with Gasteiger partial charge < -0.3 is 9.52 Å². The fourth-order valence-corrected chi connectivity index (χ4v) is 1.47. The van der Waals surface area contributed by atoms with Crippen LogP contribution in [0.1, 0.15) is 22.7 Å². The van der Waals surface area contributed by atoms with Gasteiger partial charge in [-0.1, -0.05) is 11.6 Å². The Balaban J connectivity index is 2.49. The first kappa shape index (κ1) is 12.5. The molecule has 0 aliphatic carbocycles. The van der Waals surface area contributed by atoms with Crippen LogP contribution in [0, 0.1) is 0 Å². The number of nitrogens with zero attached hydrogens (tertiary/aromatic N) is 1. The van der Waals surface area contributed by atoms with Crippen molar-refractivity contribution in [2.45, 2.75) is 6.43 Å². The second kappa shape index (κ2) is 4.73. The lowest BCUT2D eigenvalue weighted by atomic mass is 10.2. The van der Waals surface area contributed by atoms with Gasteiger partial charge in [0.15, 0.2) is 5.69 Å². The summed E-state index contributed by atoms with van der Waals surface area (Å²) in [6.07, 6.45) is -3.01. The number of carboxylic acid groups (broad SMARTS) is 1. The zero-order valence-electron chi connectivity index (χ0n) is 8.73. The van der Waals surface area contributed by atoms with Gasteiger partial charge in [0.1, 0.15) is 0 Å². The smallest absolute Gasteiger partial charge is 0.374 e. The van der Waals surface area contributed by atoms with E-state index in [9.17, 15) is 13.6 Å². The number of benzene rings is 1. The number of hydrogen-bond donors (Lipinski definition) is 1. The monoisotopic (exact) mass is 273 g/mol. The van der Waals surface area contributed by atoms with Crippen molar-refractivity contribution in [3.63, 3.8) is 0 Å². The van der Waals surface area contributed by atoms with E-state index in [-0.39, 0.29) is 5.89 Å². The highest BCUT2D eigenvalue weighted by atomic mass is 35.5. The summed E-state index contributed by atoms with van der Waals surface area (Å²) < 4.78 is 30.0. The van der Waals surface area contributed by atoms with E-state index in [1.54, 1.807) is 0 Å². The standard InChI is InChI=1S/C11H6ClF2NO3/c12-6-3-1-5(2-4-6)10-15-7(9(13)14)8(18-10)11(16)17/h1-4,9H,(H,16,17). The summed E-state index contributed by atoms with van der Waals surface area (Å²) in [5.74, 6) is -2.62. The van der Waals surface area contributed by atoms with Crippen molar-refractivity contribution in [1.29, 1.82) is 0 Å². The third-order valence-electron chi connectivity index (χ3n) is 2.15. The molecule has 0 radical (unpaired) electrons. The van der Waals surface area contributed by atoms with Crippen LogP contribution in [0.2, 0.25) is 5.02 Å². The van der Waals surface area contributed by atoms with Gasteiger partial charge in [0.25, 0.3) is 6.43 Å². The Labute approximate surface area is 105 Å². The van der Waals surface area contributed by atoms with Gasteiger partial charge in [-0.15, -0.1) is 0 Å². The van der Waals surface area contributed by atoms with Gasteiger partial charge in [-0.2, -0.15) is 0 Å². The van der Waals surface area contributed by atoms with E-state index in [2.05, 4.69) is 4.98 Å². The SMILES string of the molecule is O=C(O)c1oc(-c2ccc(Cl)cc2)nc1C(F)F. The quantitative estimate of drug-likeness (QED) is 0.927. The Bertz CT molecular complexity index is 580. The number of hydrogen-bond acceptors (Lipinski definition) is 3. The third kappa shape index (κ3) is 2.33. The molecule has 18 heavy (non-hydrogen) atoms. The molecule has 4 nitrogen and oxygen atoms in total. The molecule has 0 amide bonds. The maximum Gasteiger partial charge on any atom is 0.374 e. The molecule has 0 spiro atoms. The molecule has 94 valence electrons. The number of aromatic nitrogens is 1. The third-order valence-corrected chi connectivity index (χ3v) is 2.40.